The summed E-state index contributed by atoms with van der Waals surface area (Å²) < 4.78 is 6.00. The molecule has 0 aliphatic heterocycles. The molecule has 0 aliphatic carbocycles. The highest BCUT2D eigenvalue weighted by molar-refractivity contribution is 5.72. The van der Waals surface area contributed by atoms with Crippen LogP contribution >= 0.6 is 0 Å². The third kappa shape index (κ3) is 2.97. The van der Waals surface area contributed by atoms with Crippen LogP contribution in [0.25, 0.3) is 11.1 Å². The molecule has 3 aromatic rings. The number of hydrogen-bond donors (Lipinski definition) is 0. The third-order valence-corrected chi connectivity index (χ3v) is 3.27. The van der Waals surface area contributed by atoms with Crippen LogP contribution in [0.1, 0.15) is 11.1 Å². The summed E-state index contributed by atoms with van der Waals surface area (Å²) in [4.78, 5) is 8.12. The monoisotopic (exact) mass is 286 g/mol. The quantitative estimate of drug-likeness (QED) is 0.686. The first-order valence-corrected chi connectivity index (χ1v) is 6.90. The van der Waals surface area contributed by atoms with Gasteiger partial charge in [-0.3, -0.25) is 0 Å². The zero-order valence-corrected chi connectivity index (χ0v) is 11.9. The summed E-state index contributed by atoms with van der Waals surface area (Å²) in [5.41, 5.74) is 3.58. The van der Waals surface area contributed by atoms with Crippen molar-refractivity contribution < 1.29 is 4.74 Å². The van der Waals surface area contributed by atoms with Gasteiger partial charge in [0.2, 0.25) is 0 Å². The van der Waals surface area contributed by atoms with Gasteiger partial charge < -0.3 is 4.74 Å². The lowest BCUT2D eigenvalue weighted by Gasteiger charge is -2.13. The van der Waals surface area contributed by atoms with E-state index in [-0.39, 0.29) is 0 Å². The maximum Gasteiger partial charge on any atom is 0.143 e. The average Bonchev–Trinajstić information content (AvgIpc) is 2.61. The van der Waals surface area contributed by atoms with Gasteiger partial charge in [0.05, 0.1) is 5.56 Å². The molecule has 1 aromatic heterocycles. The van der Waals surface area contributed by atoms with Gasteiger partial charge in [0.15, 0.2) is 0 Å². The summed E-state index contributed by atoms with van der Waals surface area (Å²) in [7, 11) is 0. The highest BCUT2D eigenvalue weighted by atomic mass is 16.5. The van der Waals surface area contributed by atoms with Crippen molar-refractivity contribution in [3.8, 4) is 29.2 Å². The van der Waals surface area contributed by atoms with Crippen LogP contribution in [-0.2, 0) is 6.61 Å². The van der Waals surface area contributed by atoms with Crippen LogP contribution in [0.5, 0.6) is 5.75 Å². The molecule has 106 valence electrons. The van der Waals surface area contributed by atoms with Crippen LogP contribution in [0.4, 0.5) is 0 Å². The summed E-state index contributed by atoms with van der Waals surface area (Å²) in [5.74, 6) is 3.36. The lowest BCUT2D eigenvalue weighted by atomic mass is 10.0. The van der Waals surface area contributed by atoms with E-state index in [2.05, 4.69) is 15.9 Å². The first-order chi connectivity index (χ1) is 10.9. The molecule has 0 amide bonds. The maximum absolute atomic E-state index is 6.00. The van der Waals surface area contributed by atoms with E-state index >= 15 is 0 Å². The second-order valence-electron chi connectivity index (χ2n) is 4.73. The Bertz CT molecular complexity index is 793. The van der Waals surface area contributed by atoms with E-state index in [1.165, 1.54) is 6.33 Å². The smallest absolute Gasteiger partial charge is 0.143 e. The summed E-state index contributed by atoms with van der Waals surface area (Å²) >= 11 is 0. The first-order valence-electron chi connectivity index (χ1n) is 6.90. The van der Waals surface area contributed by atoms with Crippen molar-refractivity contribution in [3.63, 3.8) is 0 Å². The molecule has 3 nitrogen and oxygen atoms in total. The maximum atomic E-state index is 6.00. The molecular weight excluding hydrogens is 272 g/mol. The number of para-hydroxylation sites is 1. The van der Waals surface area contributed by atoms with Gasteiger partial charge in [0.1, 0.15) is 18.7 Å². The summed E-state index contributed by atoms with van der Waals surface area (Å²) in [6.07, 6.45) is 10.6. The number of benzene rings is 2. The van der Waals surface area contributed by atoms with E-state index in [0.29, 0.717) is 12.4 Å². The molecule has 3 rings (SSSR count). The minimum atomic E-state index is 0.459. The van der Waals surface area contributed by atoms with Crippen LogP contribution in [-0.4, -0.2) is 9.97 Å². The number of hydrogen-bond acceptors (Lipinski definition) is 3. The summed E-state index contributed by atoms with van der Waals surface area (Å²) in [5, 5.41) is 0. The van der Waals surface area contributed by atoms with E-state index in [1.807, 2.05) is 48.5 Å². The van der Waals surface area contributed by atoms with Crippen LogP contribution in [0.3, 0.4) is 0 Å². The Labute approximate surface area is 129 Å². The standard InChI is InChI=1S/C19H14N2O/c1-2-16-9-6-10-18(17-11-20-14-21-12-17)19(16)22-13-15-7-4-3-5-8-15/h1,3-12,14H,13H2. The first kappa shape index (κ1) is 13.8. The van der Waals surface area contributed by atoms with Crippen LogP contribution in [0.2, 0.25) is 0 Å². The van der Waals surface area contributed by atoms with Gasteiger partial charge in [0.25, 0.3) is 0 Å². The van der Waals surface area contributed by atoms with Crippen molar-refractivity contribution in [1.82, 2.24) is 9.97 Å². The van der Waals surface area contributed by atoms with E-state index in [1.54, 1.807) is 12.4 Å². The topological polar surface area (TPSA) is 35.0 Å². The zero-order chi connectivity index (χ0) is 15.2. The van der Waals surface area contributed by atoms with Gasteiger partial charge >= 0.3 is 0 Å². The highest BCUT2D eigenvalue weighted by Crippen LogP contribution is 2.32. The zero-order valence-electron chi connectivity index (χ0n) is 11.9. The van der Waals surface area contributed by atoms with Crippen molar-refractivity contribution in [3.05, 3.63) is 78.4 Å². The van der Waals surface area contributed by atoms with Crippen molar-refractivity contribution >= 4 is 0 Å². The molecule has 3 heteroatoms. The molecule has 0 unspecified atom stereocenters. The van der Waals surface area contributed by atoms with Crippen molar-refractivity contribution in [1.29, 1.82) is 0 Å². The van der Waals surface area contributed by atoms with E-state index in [0.717, 1.165) is 22.3 Å². The van der Waals surface area contributed by atoms with E-state index < -0.39 is 0 Å². The number of ether oxygens (including phenoxy) is 1. The Hall–Kier alpha value is -3.12. The van der Waals surface area contributed by atoms with Gasteiger partial charge in [-0.05, 0) is 11.6 Å². The minimum absolute atomic E-state index is 0.459. The van der Waals surface area contributed by atoms with E-state index in [4.69, 9.17) is 11.2 Å². The molecule has 0 N–H and O–H groups in total. The fourth-order valence-electron chi connectivity index (χ4n) is 2.20. The summed E-state index contributed by atoms with van der Waals surface area (Å²) in [6, 6.07) is 15.7. The average molecular weight is 286 g/mol. The lowest BCUT2D eigenvalue weighted by molar-refractivity contribution is 0.306. The molecule has 0 bridgehead atoms. The number of rotatable bonds is 4. The van der Waals surface area contributed by atoms with Crippen molar-refractivity contribution in [2.24, 2.45) is 0 Å². The van der Waals surface area contributed by atoms with Gasteiger partial charge in [-0.15, -0.1) is 6.42 Å². The molecule has 1 heterocycles. The molecule has 0 atom stereocenters. The molecule has 0 fully saturated rings. The molecule has 2 aromatic carbocycles. The summed E-state index contributed by atoms with van der Waals surface area (Å²) in [6.45, 7) is 0.459. The Morgan fingerprint density at radius 2 is 1.73 bits per heavy atom. The Balaban J connectivity index is 1.97. The second kappa shape index (κ2) is 6.55. The molecule has 0 radical (unpaired) electrons. The fraction of sp³-hybridized carbons (Fsp3) is 0.0526. The van der Waals surface area contributed by atoms with Crippen LogP contribution in [0.15, 0.2) is 67.3 Å². The Morgan fingerprint density at radius 3 is 2.45 bits per heavy atom. The predicted octanol–water partition coefficient (Wildman–Crippen LogP) is 3.70. The van der Waals surface area contributed by atoms with Gasteiger partial charge in [0, 0.05) is 23.5 Å². The van der Waals surface area contributed by atoms with Gasteiger partial charge in [-0.1, -0.05) is 48.4 Å². The third-order valence-electron chi connectivity index (χ3n) is 3.27. The fourth-order valence-corrected chi connectivity index (χ4v) is 2.20. The number of nitrogens with zero attached hydrogens (tertiary/aromatic N) is 2. The SMILES string of the molecule is C#Cc1cccc(-c2cncnc2)c1OCc1ccccc1. The Morgan fingerprint density at radius 1 is 0.955 bits per heavy atom. The molecule has 0 saturated carbocycles. The minimum Gasteiger partial charge on any atom is -0.487 e. The van der Waals surface area contributed by atoms with Crippen molar-refractivity contribution in [2.75, 3.05) is 0 Å². The van der Waals surface area contributed by atoms with Gasteiger partial charge in [-0.25, -0.2) is 9.97 Å². The highest BCUT2D eigenvalue weighted by Gasteiger charge is 2.11. The predicted molar refractivity (Wildman–Crippen MR) is 86.2 cm³/mol. The van der Waals surface area contributed by atoms with Crippen LogP contribution < -0.4 is 4.74 Å². The molecular formula is C19H14N2O. The Kier molecular flexibility index (Phi) is 4.12. The largest absolute Gasteiger partial charge is 0.487 e. The number of terminal acetylenes is 1. The van der Waals surface area contributed by atoms with Crippen LogP contribution in [0, 0.1) is 12.3 Å². The molecule has 22 heavy (non-hydrogen) atoms. The second-order valence-corrected chi connectivity index (χ2v) is 4.73. The van der Waals surface area contributed by atoms with E-state index in [9.17, 15) is 0 Å². The molecule has 0 saturated heterocycles. The molecule has 0 aliphatic rings. The number of aromatic nitrogens is 2. The normalized spacial score (nSPS) is 9.95. The lowest BCUT2D eigenvalue weighted by Crippen LogP contribution is -1.99. The molecule has 0 spiro atoms. The van der Waals surface area contributed by atoms with Crippen molar-refractivity contribution in [2.45, 2.75) is 6.61 Å². The van der Waals surface area contributed by atoms with Gasteiger partial charge in [-0.2, -0.15) is 0 Å².